The summed E-state index contributed by atoms with van der Waals surface area (Å²) in [6.07, 6.45) is -2.13. The minimum Gasteiger partial charge on any atom is -0.481 e. The van der Waals surface area contributed by atoms with Crippen molar-refractivity contribution in [3.8, 4) is 0 Å². The van der Waals surface area contributed by atoms with Gasteiger partial charge in [-0.05, 0) is 12.8 Å². The molecule has 0 rings (SSSR count). The lowest BCUT2D eigenvalue weighted by atomic mass is 10.1. The van der Waals surface area contributed by atoms with Crippen LogP contribution in [0.4, 0.5) is 0 Å². The van der Waals surface area contributed by atoms with Crippen LogP contribution in [0.2, 0.25) is 0 Å². The number of carboxylic acid groups (broad SMARTS) is 2. The lowest BCUT2D eigenvalue weighted by Gasteiger charge is -2.23. The molecular weight excluding hydrogens is 448 g/mol. The molecule has 0 saturated heterocycles. The summed E-state index contributed by atoms with van der Waals surface area (Å²) < 4.78 is 0. The lowest BCUT2D eigenvalue weighted by Crippen LogP contribution is -2.58. The summed E-state index contributed by atoms with van der Waals surface area (Å²) in [5, 5.41) is 33.3. The van der Waals surface area contributed by atoms with Crippen molar-refractivity contribution in [1.82, 2.24) is 16.0 Å². The van der Waals surface area contributed by atoms with Crippen LogP contribution >= 0.6 is 0 Å². The van der Waals surface area contributed by atoms with Crippen molar-refractivity contribution in [3.05, 3.63) is 0 Å². The molecule has 0 aromatic carbocycles. The average molecular weight is 476 g/mol. The molecule has 16 nitrogen and oxygen atoms in total. The molecule has 0 saturated carbocycles. The Morgan fingerprint density at radius 3 is 1.67 bits per heavy atom. The summed E-state index contributed by atoms with van der Waals surface area (Å²) in [7, 11) is 0. The standard InChI is InChI=1S/C17H28N6O10/c18-7(1-3-11(19)25)14(29)22-9(5-12(20)26)15(30)23-10(6-24)16(31)21-8(17(32)33)2-4-13(27)28/h7-10,24H,1-6,18H2,(H2,19,25)(H2,20,26)(H,21,31)(H,22,29)(H,23,30)(H,27,28)(H,32,33). The number of rotatable bonds is 16. The van der Waals surface area contributed by atoms with E-state index < -0.39 is 91.5 Å². The molecule has 5 amide bonds. The van der Waals surface area contributed by atoms with Gasteiger partial charge in [0, 0.05) is 12.8 Å². The molecule has 33 heavy (non-hydrogen) atoms. The van der Waals surface area contributed by atoms with E-state index in [0.717, 1.165) is 0 Å². The highest BCUT2D eigenvalue weighted by molar-refractivity contribution is 5.96. The fraction of sp³-hybridized carbons (Fsp3) is 0.588. The van der Waals surface area contributed by atoms with Crippen LogP contribution in [-0.2, 0) is 33.6 Å². The predicted octanol–water partition coefficient (Wildman–Crippen LogP) is -5.15. The van der Waals surface area contributed by atoms with Crippen molar-refractivity contribution < 1.29 is 48.9 Å². The summed E-state index contributed by atoms with van der Waals surface area (Å²) in [5.41, 5.74) is 15.6. The highest BCUT2D eigenvalue weighted by Gasteiger charge is 2.31. The van der Waals surface area contributed by atoms with E-state index in [9.17, 15) is 38.7 Å². The molecule has 0 aromatic heterocycles. The fourth-order valence-electron chi connectivity index (χ4n) is 2.38. The van der Waals surface area contributed by atoms with Crippen molar-refractivity contribution in [2.24, 2.45) is 17.2 Å². The topological polar surface area (TPSA) is 294 Å². The summed E-state index contributed by atoms with van der Waals surface area (Å²) in [4.78, 5) is 80.7. The number of carboxylic acids is 2. The Morgan fingerprint density at radius 2 is 1.21 bits per heavy atom. The first-order valence-electron chi connectivity index (χ1n) is 9.57. The number of primary amides is 2. The molecule has 0 bridgehead atoms. The molecule has 0 aliphatic rings. The van der Waals surface area contributed by atoms with Crippen LogP contribution in [0.25, 0.3) is 0 Å². The van der Waals surface area contributed by atoms with Crippen molar-refractivity contribution in [2.75, 3.05) is 6.61 Å². The van der Waals surface area contributed by atoms with E-state index in [2.05, 4.69) is 5.32 Å². The molecule has 0 heterocycles. The Labute approximate surface area is 187 Å². The van der Waals surface area contributed by atoms with Crippen LogP contribution in [0, 0.1) is 0 Å². The monoisotopic (exact) mass is 476 g/mol. The molecule has 12 N–H and O–H groups in total. The number of hydrogen-bond donors (Lipinski definition) is 9. The molecule has 0 radical (unpaired) electrons. The quantitative estimate of drug-likeness (QED) is 0.101. The Bertz CT molecular complexity index is 773. The Morgan fingerprint density at radius 1 is 0.697 bits per heavy atom. The second-order valence-corrected chi connectivity index (χ2v) is 6.92. The van der Waals surface area contributed by atoms with Gasteiger partial charge in [-0.25, -0.2) is 4.79 Å². The molecule has 4 unspecified atom stereocenters. The van der Waals surface area contributed by atoms with E-state index in [-0.39, 0.29) is 12.8 Å². The number of hydrogen-bond acceptors (Lipinski definition) is 9. The first-order valence-corrected chi connectivity index (χ1v) is 9.57. The number of aliphatic carboxylic acids is 2. The normalized spacial score (nSPS) is 14.1. The van der Waals surface area contributed by atoms with Gasteiger partial charge >= 0.3 is 11.9 Å². The lowest BCUT2D eigenvalue weighted by molar-refractivity contribution is -0.144. The van der Waals surface area contributed by atoms with Crippen LogP contribution in [0.1, 0.15) is 32.1 Å². The number of aliphatic hydroxyl groups excluding tert-OH is 1. The number of aliphatic hydroxyl groups is 1. The zero-order valence-corrected chi connectivity index (χ0v) is 17.5. The first-order chi connectivity index (χ1) is 15.3. The SMILES string of the molecule is NC(=O)CCC(N)C(=O)NC(CC(N)=O)C(=O)NC(CO)C(=O)NC(CCC(=O)O)C(=O)O. The van der Waals surface area contributed by atoms with Gasteiger partial charge < -0.3 is 48.5 Å². The Hall–Kier alpha value is -3.79. The molecule has 0 fully saturated rings. The van der Waals surface area contributed by atoms with Gasteiger partial charge in [-0.2, -0.15) is 0 Å². The van der Waals surface area contributed by atoms with Gasteiger partial charge in [-0.3, -0.25) is 28.8 Å². The maximum atomic E-state index is 12.5. The minimum absolute atomic E-state index is 0.152. The molecule has 0 aliphatic heterocycles. The van der Waals surface area contributed by atoms with Crippen LogP contribution in [0.15, 0.2) is 0 Å². The van der Waals surface area contributed by atoms with Crippen LogP contribution in [0.3, 0.4) is 0 Å². The summed E-state index contributed by atoms with van der Waals surface area (Å²) in [5.74, 6) is -7.79. The number of carbonyl (C=O) groups excluding carboxylic acids is 5. The zero-order chi connectivity index (χ0) is 25.7. The smallest absolute Gasteiger partial charge is 0.326 e. The number of nitrogens with one attached hydrogen (secondary N) is 3. The van der Waals surface area contributed by atoms with Crippen molar-refractivity contribution in [2.45, 2.75) is 56.3 Å². The maximum absolute atomic E-state index is 12.5. The Balaban J connectivity index is 5.24. The molecular formula is C17H28N6O10. The second kappa shape index (κ2) is 14.3. The largest absolute Gasteiger partial charge is 0.481 e. The van der Waals surface area contributed by atoms with Crippen LogP contribution in [-0.4, -0.2) is 87.6 Å². The van der Waals surface area contributed by atoms with E-state index in [0.29, 0.717) is 0 Å². The Kier molecular flexibility index (Phi) is 12.7. The summed E-state index contributed by atoms with van der Waals surface area (Å²) >= 11 is 0. The third-order valence-electron chi connectivity index (χ3n) is 4.15. The van der Waals surface area contributed by atoms with Gasteiger partial charge in [0.15, 0.2) is 0 Å². The van der Waals surface area contributed by atoms with Gasteiger partial charge in [-0.15, -0.1) is 0 Å². The third kappa shape index (κ3) is 12.0. The highest BCUT2D eigenvalue weighted by atomic mass is 16.4. The predicted molar refractivity (Wildman–Crippen MR) is 108 cm³/mol. The van der Waals surface area contributed by atoms with Gasteiger partial charge in [0.2, 0.25) is 29.5 Å². The minimum atomic E-state index is -1.71. The molecule has 4 atom stereocenters. The van der Waals surface area contributed by atoms with Crippen LogP contribution in [0.5, 0.6) is 0 Å². The molecule has 16 heteroatoms. The van der Waals surface area contributed by atoms with E-state index in [1.807, 2.05) is 10.6 Å². The zero-order valence-electron chi connectivity index (χ0n) is 17.5. The third-order valence-corrected chi connectivity index (χ3v) is 4.15. The van der Waals surface area contributed by atoms with E-state index in [4.69, 9.17) is 27.4 Å². The van der Waals surface area contributed by atoms with Gasteiger partial charge in [0.05, 0.1) is 19.1 Å². The first kappa shape index (κ1) is 29.2. The number of carbonyl (C=O) groups is 7. The van der Waals surface area contributed by atoms with Crippen molar-refractivity contribution in [3.63, 3.8) is 0 Å². The van der Waals surface area contributed by atoms with Crippen molar-refractivity contribution >= 4 is 41.5 Å². The summed E-state index contributed by atoms with van der Waals surface area (Å²) in [6.45, 7) is -1.00. The molecule has 0 spiro atoms. The van der Waals surface area contributed by atoms with E-state index >= 15 is 0 Å². The highest BCUT2D eigenvalue weighted by Crippen LogP contribution is 2.01. The van der Waals surface area contributed by atoms with Crippen LogP contribution < -0.4 is 33.2 Å². The maximum Gasteiger partial charge on any atom is 0.326 e. The molecule has 0 aromatic rings. The molecule has 186 valence electrons. The number of nitrogens with two attached hydrogens (primary N) is 3. The average Bonchev–Trinajstić information content (AvgIpc) is 2.71. The van der Waals surface area contributed by atoms with E-state index in [1.54, 1.807) is 0 Å². The number of amides is 5. The van der Waals surface area contributed by atoms with Gasteiger partial charge in [0.1, 0.15) is 18.1 Å². The van der Waals surface area contributed by atoms with E-state index in [1.165, 1.54) is 0 Å². The second-order valence-electron chi connectivity index (χ2n) is 6.92. The molecule has 0 aliphatic carbocycles. The van der Waals surface area contributed by atoms with Gasteiger partial charge in [-0.1, -0.05) is 0 Å². The van der Waals surface area contributed by atoms with Crippen molar-refractivity contribution in [1.29, 1.82) is 0 Å². The van der Waals surface area contributed by atoms with Gasteiger partial charge in [0.25, 0.3) is 0 Å². The summed E-state index contributed by atoms with van der Waals surface area (Å²) in [6, 6.07) is -6.20. The fourth-order valence-corrected chi connectivity index (χ4v) is 2.38.